The number of anilines is 2. The third-order valence-corrected chi connectivity index (χ3v) is 3.15. The molecule has 0 aromatic heterocycles. The van der Waals surface area contributed by atoms with Crippen LogP contribution in [0.25, 0.3) is 0 Å². The molecule has 0 aliphatic carbocycles. The summed E-state index contributed by atoms with van der Waals surface area (Å²) in [7, 11) is 0. The Morgan fingerprint density at radius 2 is 2.00 bits per heavy atom. The summed E-state index contributed by atoms with van der Waals surface area (Å²) in [6.07, 6.45) is 1.59. The molecule has 1 aromatic rings. The number of nitrogens with two attached hydrogens (primary N) is 1. The number of rotatable bonds is 1. The Labute approximate surface area is 90.5 Å². The van der Waals surface area contributed by atoms with E-state index >= 15 is 0 Å². The zero-order chi connectivity index (χ0) is 10.8. The van der Waals surface area contributed by atoms with E-state index in [1.54, 1.807) is 0 Å². The lowest BCUT2D eigenvalue weighted by Gasteiger charge is -2.32. The molecule has 0 amide bonds. The highest BCUT2D eigenvalue weighted by Crippen LogP contribution is 2.27. The van der Waals surface area contributed by atoms with Crippen LogP contribution in [0.3, 0.4) is 0 Å². The van der Waals surface area contributed by atoms with Crippen LogP contribution in [0.4, 0.5) is 11.4 Å². The van der Waals surface area contributed by atoms with E-state index in [1.807, 2.05) is 12.1 Å². The molecule has 1 heterocycles. The van der Waals surface area contributed by atoms with Crippen LogP contribution in [0.5, 0.6) is 0 Å². The maximum Gasteiger partial charge on any atom is 0.0574 e. The molecule has 0 radical (unpaired) electrons. The Morgan fingerprint density at radius 3 is 2.67 bits per heavy atom. The van der Waals surface area contributed by atoms with Gasteiger partial charge in [0.15, 0.2) is 0 Å². The van der Waals surface area contributed by atoms with Gasteiger partial charge in [-0.15, -0.1) is 0 Å². The summed E-state index contributed by atoms with van der Waals surface area (Å²) in [6.45, 7) is 3.90. The monoisotopic (exact) mass is 206 g/mol. The Hall–Kier alpha value is -1.22. The van der Waals surface area contributed by atoms with Crippen LogP contribution in [-0.4, -0.2) is 24.3 Å². The van der Waals surface area contributed by atoms with Crippen molar-refractivity contribution in [2.45, 2.75) is 25.9 Å². The lowest BCUT2D eigenvalue weighted by molar-refractivity contribution is 0.145. The van der Waals surface area contributed by atoms with Gasteiger partial charge in [-0.1, -0.05) is 6.07 Å². The minimum atomic E-state index is -0.123. The summed E-state index contributed by atoms with van der Waals surface area (Å²) >= 11 is 0. The molecule has 1 saturated heterocycles. The molecule has 1 aromatic carbocycles. The molecule has 3 heteroatoms. The summed E-state index contributed by atoms with van der Waals surface area (Å²) in [6, 6.07) is 6.02. The van der Waals surface area contributed by atoms with Gasteiger partial charge in [-0.3, -0.25) is 0 Å². The summed E-state index contributed by atoms with van der Waals surface area (Å²) < 4.78 is 0. The Bertz CT molecular complexity index is 343. The Morgan fingerprint density at radius 1 is 1.33 bits per heavy atom. The fraction of sp³-hybridized carbons (Fsp3) is 0.500. The van der Waals surface area contributed by atoms with Crippen molar-refractivity contribution < 1.29 is 5.11 Å². The van der Waals surface area contributed by atoms with Gasteiger partial charge in [0.1, 0.15) is 0 Å². The zero-order valence-corrected chi connectivity index (χ0v) is 9.11. The van der Waals surface area contributed by atoms with Gasteiger partial charge >= 0.3 is 0 Å². The van der Waals surface area contributed by atoms with Gasteiger partial charge in [0, 0.05) is 24.5 Å². The number of nitrogen functional groups attached to an aromatic ring is 1. The number of piperidine rings is 1. The number of hydrogen-bond donors (Lipinski definition) is 2. The number of nitrogens with zero attached hydrogens (tertiary/aromatic N) is 1. The van der Waals surface area contributed by atoms with Crippen LogP contribution in [0.1, 0.15) is 18.4 Å². The first kappa shape index (κ1) is 10.3. The second-order valence-corrected chi connectivity index (χ2v) is 4.21. The first-order valence-corrected chi connectivity index (χ1v) is 5.46. The molecule has 0 unspecified atom stereocenters. The van der Waals surface area contributed by atoms with Gasteiger partial charge < -0.3 is 15.7 Å². The molecule has 15 heavy (non-hydrogen) atoms. The Balaban J connectivity index is 2.19. The van der Waals surface area contributed by atoms with E-state index in [-0.39, 0.29) is 6.10 Å². The first-order valence-electron chi connectivity index (χ1n) is 5.46. The molecular weight excluding hydrogens is 188 g/mol. The molecule has 0 bridgehead atoms. The van der Waals surface area contributed by atoms with E-state index in [1.165, 1.54) is 5.69 Å². The molecule has 1 fully saturated rings. The summed E-state index contributed by atoms with van der Waals surface area (Å²) in [5, 5.41) is 9.45. The van der Waals surface area contributed by atoms with Crippen LogP contribution < -0.4 is 10.6 Å². The number of hydrogen-bond acceptors (Lipinski definition) is 3. The summed E-state index contributed by atoms with van der Waals surface area (Å²) in [5.74, 6) is 0. The third kappa shape index (κ3) is 2.07. The van der Waals surface area contributed by atoms with Crippen molar-refractivity contribution in [3.8, 4) is 0 Å². The normalized spacial score (nSPS) is 18.1. The van der Waals surface area contributed by atoms with Gasteiger partial charge in [-0.05, 0) is 37.5 Å². The molecule has 0 atom stereocenters. The SMILES string of the molecule is Cc1c(N)cccc1N1CCC(O)CC1. The standard InChI is InChI=1S/C12H18N2O/c1-9-11(13)3-2-4-12(9)14-7-5-10(15)6-8-14/h2-4,10,15H,5-8,13H2,1H3. The molecule has 0 spiro atoms. The molecule has 1 aliphatic rings. The fourth-order valence-electron chi connectivity index (χ4n) is 2.09. The van der Waals surface area contributed by atoms with E-state index in [9.17, 15) is 5.11 Å². The van der Waals surface area contributed by atoms with Gasteiger partial charge in [-0.2, -0.15) is 0 Å². The second-order valence-electron chi connectivity index (χ2n) is 4.21. The average Bonchev–Trinajstić information content (AvgIpc) is 2.24. The van der Waals surface area contributed by atoms with Crippen molar-refractivity contribution in [1.82, 2.24) is 0 Å². The maximum atomic E-state index is 9.45. The highest BCUT2D eigenvalue weighted by Gasteiger charge is 2.18. The third-order valence-electron chi connectivity index (χ3n) is 3.15. The van der Waals surface area contributed by atoms with Gasteiger partial charge in [0.05, 0.1) is 6.10 Å². The maximum absolute atomic E-state index is 9.45. The lowest BCUT2D eigenvalue weighted by Crippen LogP contribution is -2.36. The minimum absolute atomic E-state index is 0.123. The van der Waals surface area contributed by atoms with Crippen molar-refractivity contribution in [2.24, 2.45) is 0 Å². The van der Waals surface area contributed by atoms with Crippen LogP contribution in [0, 0.1) is 6.92 Å². The summed E-state index contributed by atoms with van der Waals surface area (Å²) in [5.41, 5.74) is 9.08. The van der Waals surface area contributed by atoms with Crippen molar-refractivity contribution in [1.29, 1.82) is 0 Å². The minimum Gasteiger partial charge on any atom is -0.398 e. The average molecular weight is 206 g/mol. The largest absolute Gasteiger partial charge is 0.398 e. The fourth-order valence-corrected chi connectivity index (χ4v) is 2.09. The van der Waals surface area contributed by atoms with Crippen molar-refractivity contribution in [3.05, 3.63) is 23.8 Å². The van der Waals surface area contributed by atoms with Crippen LogP contribution in [0.2, 0.25) is 0 Å². The highest BCUT2D eigenvalue weighted by atomic mass is 16.3. The lowest BCUT2D eigenvalue weighted by atomic mass is 10.0. The van der Waals surface area contributed by atoms with E-state index in [0.29, 0.717) is 0 Å². The number of aliphatic hydroxyl groups is 1. The van der Waals surface area contributed by atoms with Crippen molar-refractivity contribution in [2.75, 3.05) is 23.7 Å². The predicted octanol–water partition coefficient (Wildman–Crippen LogP) is 1.54. The van der Waals surface area contributed by atoms with Crippen LogP contribution in [-0.2, 0) is 0 Å². The van der Waals surface area contributed by atoms with Crippen molar-refractivity contribution in [3.63, 3.8) is 0 Å². The number of benzene rings is 1. The van der Waals surface area contributed by atoms with E-state index < -0.39 is 0 Å². The molecule has 0 saturated carbocycles. The summed E-state index contributed by atoms with van der Waals surface area (Å²) in [4.78, 5) is 2.30. The molecule has 82 valence electrons. The second kappa shape index (κ2) is 4.11. The van der Waals surface area contributed by atoms with Gasteiger partial charge in [0.25, 0.3) is 0 Å². The molecular formula is C12H18N2O. The first-order chi connectivity index (χ1) is 7.18. The molecule has 1 aliphatic heterocycles. The van der Waals surface area contributed by atoms with Gasteiger partial charge in [0.2, 0.25) is 0 Å². The molecule has 3 nitrogen and oxygen atoms in total. The van der Waals surface area contributed by atoms with E-state index in [2.05, 4.69) is 17.9 Å². The van der Waals surface area contributed by atoms with Crippen LogP contribution >= 0.6 is 0 Å². The highest BCUT2D eigenvalue weighted by molar-refractivity contribution is 5.64. The van der Waals surface area contributed by atoms with E-state index in [4.69, 9.17) is 5.73 Å². The van der Waals surface area contributed by atoms with Gasteiger partial charge in [-0.25, -0.2) is 0 Å². The van der Waals surface area contributed by atoms with Crippen LogP contribution in [0.15, 0.2) is 18.2 Å². The van der Waals surface area contributed by atoms with E-state index in [0.717, 1.165) is 37.2 Å². The molecule has 2 rings (SSSR count). The number of aliphatic hydroxyl groups excluding tert-OH is 1. The zero-order valence-electron chi connectivity index (χ0n) is 9.11. The topological polar surface area (TPSA) is 49.5 Å². The molecule has 3 N–H and O–H groups in total. The van der Waals surface area contributed by atoms with Crippen molar-refractivity contribution >= 4 is 11.4 Å². The Kier molecular flexibility index (Phi) is 2.82. The predicted molar refractivity (Wildman–Crippen MR) is 63.0 cm³/mol. The quantitative estimate of drug-likeness (QED) is 0.685. The smallest absolute Gasteiger partial charge is 0.0574 e.